The Morgan fingerprint density at radius 1 is 1.24 bits per heavy atom. The van der Waals surface area contributed by atoms with Crippen LogP contribution in [0, 0.1) is 0 Å². The third kappa shape index (κ3) is 3.11. The van der Waals surface area contributed by atoms with E-state index in [4.69, 9.17) is 19.4 Å². The zero-order valence-corrected chi connectivity index (χ0v) is 16.5. The summed E-state index contributed by atoms with van der Waals surface area (Å²) >= 11 is 0. The molecule has 0 spiro atoms. The summed E-state index contributed by atoms with van der Waals surface area (Å²) in [5.74, 6) is 2.68. The molecule has 2 aromatic heterocycles. The van der Waals surface area contributed by atoms with Crippen molar-refractivity contribution >= 4 is 28.6 Å². The number of anilines is 3. The molecule has 4 heterocycles. The molecule has 2 aliphatic heterocycles. The van der Waals surface area contributed by atoms with E-state index in [-0.39, 0.29) is 25.5 Å². The molecule has 1 saturated heterocycles. The zero-order valence-electron chi connectivity index (χ0n) is 16.5. The second kappa shape index (κ2) is 7.07. The molecule has 1 atom stereocenters. The summed E-state index contributed by atoms with van der Waals surface area (Å²) in [6, 6.07) is 5.95. The standard InChI is InChI=1S/C20H24N6O3/c1-12(2)26-10-21-17-18(22-13-5-6-15-16(8-13)29-11-28-15)23-20(24-19(17)26)25-7-3-4-14(25)9-27/h5-6,8,10,12,14,27H,3-4,7,9,11H2,1-2H3,(H,22,23,24). The van der Waals surface area contributed by atoms with Crippen molar-refractivity contribution in [2.75, 3.05) is 30.2 Å². The van der Waals surface area contributed by atoms with E-state index in [2.05, 4.69) is 29.0 Å². The van der Waals surface area contributed by atoms with E-state index < -0.39 is 0 Å². The van der Waals surface area contributed by atoms with Crippen molar-refractivity contribution in [2.45, 2.75) is 38.8 Å². The highest BCUT2D eigenvalue weighted by Gasteiger charge is 2.28. The van der Waals surface area contributed by atoms with Gasteiger partial charge in [0.05, 0.1) is 19.0 Å². The molecule has 1 fully saturated rings. The lowest BCUT2D eigenvalue weighted by Crippen LogP contribution is -2.33. The molecule has 29 heavy (non-hydrogen) atoms. The van der Waals surface area contributed by atoms with Crippen LogP contribution >= 0.6 is 0 Å². The number of nitrogens with one attached hydrogen (secondary N) is 1. The monoisotopic (exact) mass is 396 g/mol. The van der Waals surface area contributed by atoms with Crippen LogP contribution in [0.4, 0.5) is 17.5 Å². The first-order valence-electron chi connectivity index (χ1n) is 9.93. The van der Waals surface area contributed by atoms with Gasteiger partial charge in [-0.3, -0.25) is 0 Å². The van der Waals surface area contributed by atoms with E-state index in [0.29, 0.717) is 23.0 Å². The number of aliphatic hydroxyl groups excluding tert-OH is 1. The fourth-order valence-electron chi connectivity index (χ4n) is 3.90. The Balaban J connectivity index is 1.59. The van der Waals surface area contributed by atoms with Crippen molar-refractivity contribution < 1.29 is 14.6 Å². The highest BCUT2D eigenvalue weighted by atomic mass is 16.7. The van der Waals surface area contributed by atoms with Gasteiger partial charge in [0, 0.05) is 24.3 Å². The van der Waals surface area contributed by atoms with Crippen LogP contribution in [-0.2, 0) is 0 Å². The number of imidazole rings is 1. The summed E-state index contributed by atoms with van der Waals surface area (Å²) < 4.78 is 12.9. The van der Waals surface area contributed by atoms with Gasteiger partial charge < -0.3 is 29.4 Å². The van der Waals surface area contributed by atoms with Gasteiger partial charge in [0.15, 0.2) is 28.5 Å². The Morgan fingerprint density at radius 3 is 2.93 bits per heavy atom. The molecular formula is C20H24N6O3. The minimum Gasteiger partial charge on any atom is -0.454 e. The second-order valence-corrected chi connectivity index (χ2v) is 7.66. The predicted molar refractivity (Wildman–Crippen MR) is 109 cm³/mol. The first-order valence-corrected chi connectivity index (χ1v) is 9.93. The number of fused-ring (bicyclic) bond motifs is 2. The Hall–Kier alpha value is -3.07. The second-order valence-electron chi connectivity index (χ2n) is 7.66. The van der Waals surface area contributed by atoms with Crippen molar-refractivity contribution in [3.8, 4) is 11.5 Å². The number of rotatable bonds is 5. The summed E-state index contributed by atoms with van der Waals surface area (Å²) in [6.45, 7) is 5.35. The zero-order chi connectivity index (χ0) is 20.0. The molecule has 9 heteroatoms. The summed E-state index contributed by atoms with van der Waals surface area (Å²) in [5, 5.41) is 13.1. The minimum absolute atomic E-state index is 0.0428. The Labute approximate surface area is 168 Å². The SMILES string of the molecule is CC(C)n1cnc2c(Nc3ccc4c(c3)OCO4)nc(N3CCCC3CO)nc21. The molecule has 1 unspecified atom stereocenters. The lowest BCUT2D eigenvalue weighted by atomic mass is 10.2. The number of ether oxygens (including phenoxy) is 2. The summed E-state index contributed by atoms with van der Waals surface area (Å²) in [4.78, 5) is 16.3. The molecule has 1 aromatic carbocycles. The highest BCUT2D eigenvalue weighted by Crippen LogP contribution is 2.36. The van der Waals surface area contributed by atoms with Crippen LogP contribution in [0.3, 0.4) is 0 Å². The molecule has 5 rings (SSSR count). The average molecular weight is 396 g/mol. The third-order valence-electron chi connectivity index (χ3n) is 5.45. The lowest BCUT2D eigenvalue weighted by molar-refractivity contribution is 0.174. The van der Waals surface area contributed by atoms with E-state index in [1.54, 1.807) is 6.33 Å². The molecule has 2 aliphatic rings. The normalized spacial score (nSPS) is 18.2. The first kappa shape index (κ1) is 18.0. The number of hydrogen-bond donors (Lipinski definition) is 2. The van der Waals surface area contributed by atoms with E-state index in [0.717, 1.165) is 36.5 Å². The molecule has 0 aliphatic carbocycles. The largest absolute Gasteiger partial charge is 0.454 e. The van der Waals surface area contributed by atoms with E-state index in [1.807, 2.05) is 22.8 Å². The van der Waals surface area contributed by atoms with Crippen LogP contribution in [0.5, 0.6) is 11.5 Å². The summed E-state index contributed by atoms with van der Waals surface area (Å²) in [5.41, 5.74) is 2.32. The molecular weight excluding hydrogens is 372 g/mol. The Kier molecular flexibility index (Phi) is 4.39. The Bertz CT molecular complexity index is 1050. The summed E-state index contributed by atoms with van der Waals surface area (Å²) in [7, 11) is 0. The molecule has 0 bridgehead atoms. The number of hydrogen-bond acceptors (Lipinski definition) is 8. The Morgan fingerprint density at radius 2 is 2.10 bits per heavy atom. The van der Waals surface area contributed by atoms with Crippen molar-refractivity contribution in [3.63, 3.8) is 0 Å². The number of benzene rings is 1. The molecule has 2 N–H and O–H groups in total. The average Bonchev–Trinajstić information content (AvgIpc) is 3.45. The first-order chi connectivity index (χ1) is 14.1. The molecule has 3 aromatic rings. The van der Waals surface area contributed by atoms with Crippen LogP contribution in [0.1, 0.15) is 32.7 Å². The minimum atomic E-state index is 0.0428. The maximum atomic E-state index is 9.75. The van der Waals surface area contributed by atoms with Gasteiger partial charge >= 0.3 is 0 Å². The van der Waals surface area contributed by atoms with E-state index in [1.165, 1.54) is 0 Å². The maximum absolute atomic E-state index is 9.75. The number of aromatic nitrogens is 4. The lowest BCUT2D eigenvalue weighted by Gasteiger charge is -2.23. The van der Waals surface area contributed by atoms with Crippen LogP contribution in [0.15, 0.2) is 24.5 Å². The molecule has 0 saturated carbocycles. The van der Waals surface area contributed by atoms with Crippen molar-refractivity contribution in [1.82, 2.24) is 19.5 Å². The smallest absolute Gasteiger partial charge is 0.231 e. The topological polar surface area (TPSA) is 97.6 Å². The molecule has 9 nitrogen and oxygen atoms in total. The van der Waals surface area contributed by atoms with Gasteiger partial charge in [-0.25, -0.2) is 4.98 Å². The van der Waals surface area contributed by atoms with Crippen LogP contribution in [0.25, 0.3) is 11.2 Å². The van der Waals surface area contributed by atoms with Gasteiger partial charge in [-0.1, -0.05) is 0 Å². The van der Waals surface area contributed by atoms with Crippen LogP contribution in [0.2, 0.25) is 0 Å². The van der Waals surface area contributed by atoms with Crippen LogP contribution in [-0.4, -0.2) is 50.6 Å². The number of nitrogens with zero attached hydrogens (tertiary/aromatic N) is 5. The number of aliphatic hydroxyl groups is 1. The van der Waals surface area contributed by atoms with Crippen molar-refractivity contribution in [2.24, 2.45) is 0 Å². The van der Waals surface area contributed by atoms with Crippen molar-refractivity contribution in [3.05, 3.63) is 24.5 Å². The predicted octanol–water partition coefficient (Wildman–Crippen LogP) is 2.84. The van der Waals surface area contributed by atoms with Gasteiger partial charge in [0.2, 0.25) is 12.7 Å². The highest BCUT2D eigenvalue weighted by molar-refractivity contribution is 5.87. The summed E-state index contributed by atoms with van der Waals surface area (Å²) in [6.07, 6.45) is 3.75. The van der Waals surface area contributed by atoms with Crippen LogP contribution < -0.4 is 19.7 Å². The third-order valence-corrected chi connectivity index (χ3v) is 5.45. The maximum Gasteiger partial charge on any atom is 0.231 e. The fraction of sp³-hybridized carbons (Fsp3) is 0.450. The van der Waals surface area contributed by atoms with Gasteiger partial charge in [-0.2, -0.15) is 9.97 Å². The van der Waals surface area contributed by atoms with Gasteiger partial charge in [0.25, 0.3) is 0 Å². The molecule has 0 radical (unpaired) electrons. The van der Waals surface area contributed by atoms with E-state index in [9.17, 15) is 5.11 Å². The van der Waals surface area contributed by atoms with Crippen molar-refractivity contribution in [1.29, 1.82) is 0 Å². The van der Waals surface area contributed by atoms with Gasteiger partial charge in [-0.05, 0) is 38.8 Å². The fourth-order valence-corrected chi connectivity index (χ4v) is 3.90. The van der Waals surface area contributed by atoms with E-state index >= 15 is 0 Å². The molecule has 152 valence electrons. The van der Waals surface area contributed by atoms with Gasteiger partial charge in [0.1, 0.15) is 0 Å². The quantitative estimate of drug-likeness (QED) is 0.679. The molecule has 0 amide bonds. The van der Waals surface area contributed by atoms with Gasteiger partial charge in [-0.15, -0.1) is 0 Å².